The molecule has 0 saturated carbocycles. The largest absolute Gasteiger partial charge is 0.358 e. The van der Waals surface area contributed by atoms with Crippen molar-refractivity contribution in [2.24, 2.45) is 0 Å². The van der Waals surface area contributed by atoms with E-state index < -0.39 is 29.5 Å². The van der Waals surface area contributed by atoms with Gasteiger partial charge in [0, 0.05) is 11.6 Å². The molecule has 3 heterocycles. The van der Waals surface area contributed by atoms with Crippen LogP contribution >= 0.6 is 0 Å². The number of fused-ring (bicyclic) bond motifs is 1. The van der Waals surface area contributed by atoms with Gasteiger partial charge in [-0.1, -0.05) is 109 Å². The van der Waals surface area contributed by atoms with E-state index in [0.29, 0.717) is 5.56 Å². The van der Waals surface area contributed by atoms with Crippen LogP contribution in [0.1, 0.15) is 33.3 Å². The molecule has 0 radical (unpaired) electrons. The summed E-state index contributed by atoms with van der Waals surface area (Å²) in [6.45, 7) is -0.269. The van der Waals surface area contributed by atoms with Crippen LogP contribution in [0.3, 0.4) is 0 Å². The highest BCUT2D eigenvalue weighted by atomic mass is 19.1. The van der Waals surface area contributed by atoms with Crippen LogP contribution in [0.4, 0.5) is 10.2 Å². The van der Waals surface area contributed by atoms with Crippen molar-refractivity contribution in [2.75, 3.05) is 11.9 Å². The van der Waals surface area contributed by atoms with E-state index in [1.54, 1.807) is 24.3 Å². The second-order valence-corrected chi connectivity index (χ2v) is 10.9. The Morgan fingerprint density at radius 2 is 1.36 bits per heavy atom. The molecular formula is C37H28FN5O4. The molecule has 0 unspecified atom stereocenters. The molecule has 2 aromatic heterocycles. The molecule has 0 bridgehead atoms. The highest BCUT2D eigenvalue weighted by Crippen LogP contribution is 2.41. The fraction of sp³-hybridized carbons (Fsp3) is 0.108. The Kier molecular flexibility index (Phi) is 8.18. The van der Waals surface area contributed by atoms with Gasteiger partial charge in [-0.05, 0) is 28.8 Å². The molecule has 10 heteroatoms. The van der Waals surface area contributed by atoms with Crippen LogP contribution in [0.2, 0.25) is 0 Å². The van der Waals surface area contributed by atoms with Gasteiger partial charge in [-0.2, -0.15) is 0 Å². The lowest BCUT2D eigenvalue weighted by Crippen LogP contribution is -2.41. The molecule has 0 fully saturated rings. The molecule has 4 aromatic carbocycles. The van der Waals surface area contributed by atoms with Gasteiger partial charge in [0.15, 0.2) is 29.0 Å². The SMILES string of the molecule is O=C(Nc1ncnc2c1ncn2[C@H]1C=C(F)C(=O)[C@@H](COC(c2ccccc2)(c2ccccc2)c2ccccc2)O1)c1ccccc1. The fourth-order valence-electron chi connectivity index (χ4n) is 5.76. The molecule has 1 amide bonds. The summed E-state index contributed by atoms with van der Waals surface area (Å²) in [6.07, 6.45) is 1.37. The zero-order valence-corrected chi connectivity index (χ0v) is 24.9. The minimum atomic E-state index is -1.29. The second kappa shape index (κ2) is 12.9. The van der Waals surface area contributed by atoms with Crippen LogP contribution in [-0.2, 0) is 19.9 Å². The van der Waals surface area contributed by atoms with Crippen LogP contribution in [0.5, 0.6) is 0 Å². The predicted molar refractivity (Wildman–Crippen MR) is 173 cm³/mol. The van der Waals surface area contributed by atoms with Crippen LogP contribution < -0.4 is 5.32 Å². The van der Waals surface area contributed by atoms with Crippen LogP contribution in [0.15, 0.2) is 146 Å². The van der Waals surface area contributed by atoms with Crippen molar-refractivity contribution >= 4 is 28.7 Å². The van der Waals surface area contributed by atoms with Crippen molar-refractivity contribution < 1.29 is 23.5 Å². The Bertz CT molecular complexity index is 1960. The molecule has 1 aliphatic rings. The Labute approximate surface area is 269 Å². The third kappa shape index (κ3) is 5.71. The number of anilines is 1. The molecule has 0 spiro atoms. The summed E-state index contributed by atoms with van der Waals surface area (Å²) in [5, 5.41) is 2.76. The van der Waals surface area contributed by atoms with Crippen molar-refractivity contribution in [3.8, 4) is 0 Å². The number of nitrogens with one attached hydrogen (secondary N) is 1. The van der Waals surface area contributed by atoms with Gasteiger partial charge in [0.1, 0.15) is 18.0 Å². The number of hydrogen-bond donors (Lipinski definition) is 1. The topological polar surface area (TPSA) is 108 Å². The zero-order chi connectivity index (χ0) is 32.2. The summed E-state index contributed by atoms with van der Waals surface area (Å²) in [6, 6.07) is 37.7. The maximum atomic E-state index is 15.3. The summed E-state index contributed by atoms with van der Waals surface area (Å²) < 4.78 is 29.8. The second-order valence-electron chi connectivity index (χ2n) is 10.9. The van der Waals surface area contributed by atoms with Gasteiger partial charge in [-0.3, -0.25) is 14.2 Å². The highest BCUT2D eigenvalue weighted by Gasteiger charge is 2.41. The molecule has 232 valence electrons. The van der Waals surface area contributed by atoms with Crippen molar-refractivity contribution in [2.45, 2.75) is 17.9 Å². The maximum Gasteiger partial charge on any atom is 0.256 e. The molecule has 47 heavy (non-hydrogen) atoms. The third-order valence-electron chi connectivity index (χ3n) is 8.01. The van der Waals surface area contributed by atoms with E-state index in [1.807, 2.05) is 97.1 Å². The number of ether oxygens (including phenoxy) is 2. The van der Waals surface area contributed by atoms with E-state index in [0.717, 1.165) is 22.8 Å². The lowest BCUT2D eigenvalue weighted by Gasteiger charge is -2.37. The maximum absolute atomic E-state index is 15.3. The molecule has 9 nitrogen and oxygen atoms in total. The van der Waals surface area contributed by atoms with E-state index in [1.165, 1.54) is 17.2 Å². The minimum Gasteiger partial charge on any atom is -0.358 e. The van der Waals surface area contributed by atoms with E-state index in [2.05, 4.69) is 20.3 Å². The molecule has 0 aliphatic carbocycles. The monoisotopic (exact) mass is 625 g/mol. The lowest BCUT2D eigenvalue weighted by molar-refractivity contribution is -0.148. The van der Waals surface area contributed by atoms with Crippen LogP contribution in [0.25, 0.3) is 11.2 Å². The summed E-state index contributed by atoms with van der Waals surface area (Å²) in [5.74, 6) is -1.99. The van der Waals surface area contributed by atoms with Crippen LogP contribution in [-0.4, -0.2) is 43.9 Å². The minimum absolute atomic E-state index is 0.178. The first kappa shape index (κ1) is 29.8. The summed E-state index contributed by atoms with van der Waals surface area (Å²) in [4.78, 5) is 38.9. The number of hydrogen-bond acceptors (Lipinski definition) is 7. The number of carbonyl (C=O) groups is 2. The van der Waals surface area contributed by atoms with E-state index in [4.69, 9.17) is 9.47 Å². The Hall–Kier alpha value is -5.84. The number of halogens is 1. The van der Waals surface area contributed by atoms with Gasteiger partial charge in [0.2, 0.25) is 5.78 Å². The molecule has 1 aliphatic heterocycles. The molecule has 6 aromatic rings. The van der Waals surface area contributed by atoms with Gasteiger partial charge >= 0.3 is 0 Å². The van der Waals surface area contributed by atoms with Crippen molar-refractivity contribution in [1.82, 2.24) is 19.5 Å². The van der Waals surface area contributed by atoms with E-state index >= 15 is 4.39 Å². The predicted octanol–water partition coefficient (Wildman–Crippen LogP) is 6.41. The smallest absolute Gasteiger partial charge is 0.256 e. The van der Waals surface area contributed by atoms with Crippen molar-refractivity contribution in [1.29, 1.82) is 0 Å². The quantitative estimate of drug-likeness (QED) is 0.185. The normalized spacial score (nSPS) is 16.5. The van der Waals surface area contributed by atoms with Crippen molar-refractivity contribution in [3.63, 3.8) is 0 Å². The summed E-state index contributed by atoms with van der Waals surface area (Å²) in [5.41, 5.74) is 2.34. The number of amides is 1. The number of Topliss-reactive ketones (excluding diaryl/α,β-unsaturated/α-hetero) is 1. The van der Waals surface area contributed by atoms with Crippen molar-refractivity contribution in [3.05, 3.63) is 168 Å². The number of nitrogens with zero attached hydrogens (tertiary/aromatic N) is 4. The molecular weight excluding hydrogens is 597 g/mol. The Morgan fingerprint density at radius 3 is 1.94 bits per heavy atom. The molecule has 7 rings (SSSR count). The average molecular weight is 626 g/mol. The standard InChI is InChI=1S/C37H28FN5O4/c38-29-21-31(43-24-41-32-34(39-23-40-35(32)43)42-36(45)25-13-5-1-6-14-25)47-30(33(29)44)22-46-37(26-15-7-2-8-16-26,27-17-9-3-10-18-27)28-19-11-4-12-20-28/h1-21,23-24,30-31H,22H2,(H,39,40,42,45)/t30-,31-/m1/s1. The summed E-state index contributed by atoms with van der Waals surface area (Å²) in [7, 11) is 0. The van der Waals surface area contributed by atoms with Gasteiger partial charge in [0.25, 0.3) is 5.91 Å². The average Bonchev–Trinajstić information content (AvgIpc) is 3.57. The number of aromatic nitrogens is 4. The number of ketones is 1. The molecule has 1 N–H and O–H groups in total. The Morgan fingerprint density at radius 1 is 0.809 bits per heavy atom. The zero-order valence-electron chi connectivity index (χ0n) is 24.9. The number of carbonyl (C=O) groups excluding carboxylic acids is 2. The van der Waals surface area contributed by atoms with Gasteiger partial charge < -0.3 is 14.8 Å². The van der Waals surface area contributed by atoms with Crippen LogP contribution in [0, 0.1) is 0 Å². The first-order valence-electron chi connectivity index (χ1n) is 15.0. The third-order valence-corrected chi connectivity index (χ3v) is 8.01. The first-order valence-corrected chi connectivity index (χ1v) is 15.0. The number of imidazole rings is 1. The number of benzene rings is 4. The van der Waals surface area contributed by atoms with Gasteiger partial charge in [0.05, 0.1) is 12.9 Å². The first-order chi connectivity index (χ1) is 23.0. The highest BCUT2D eigenvalue weighted by molar-refractivity contribution is 6.06. The summed E-state index contributed by atoms with van der Waals surface area (Å²) >= 11 is 0. The van der Waals surface area contributed by atoms with Gasteiger partial charge in [-0.25, -0.2) is 19.3 Å². The van der Waals surface area contributed by atoms with E-state index in [-0.39, 0.29) is 29.5 Å². The lowest BCUT2D eigenvalue weighted by atomic mass is 9.80. The molecule has 0 saturated heterocycles. The fourth-order valence-corrected chi connectivity index (χ4v) is 5.76. The number of rotatable bonds is 9. The molecule has 2 atom stereocenters. The Balaban J connectivity index is 1.20. The van der Waals surface area contributed by atoms with E-state index in [9.17, 15) is 9.59 Å². The van der Waals surface area contributed by atoms with Gasteiger partial charge in [-0.15, -0.1) is 0 Å².